The molecule has 1 amide bonds. The first-order valence-corrected chi connectivity index (χ1v) is 14.5. The molecule has 0 bridgehead atoms. The number of carbonyl (C=O) groups is 1. The van der Waals surface area contributed by atoms with Crippen LogP contribution in [0.2, 0.25) is 5.02 Å². The molecule has 0 aliphatic carbocycles. The predicted molar refractivity (Wildman–Crippen MR) is 172 cm³/mol. The highest BCUT2D eigenvalue weighted by Gasteiger charge is 2.22. The number of aryl methyl sites for hydroxylation is 1. The van der Waals surface area contributed by atoms with Crippen LogP contribution in [0.5, 0.6) is 11.5 Å². The van der Waals surface area contributed by atoms with Gasteiger partial charge in [0.05, 0.1) is 11.1 Å². The van der Waals surface area contributed by atoms with E-state index >= 15 is 0 Å². The van der Waals surface area contributed by atoms with Gasteiger partial charge in [0.2, 0.25) is 0 Å². The number of thiophene rings is 1. The van der Waals surface area contributed by atoms with E-state index in [1.807, 2.05) is 42.5 Å². The lowest BCUT2D eigenvalue weighted by atomic mass is 9.87. The van der Waals surface area contributed by atoms with Gasteiger partial charge in [0.25, 0.3) is 5.91 Å². The molecular weight excluding hydrogens is 552 g/mol. The van der Waals surface area contributed by atoms with E-state index in [1.54, 1.807) is 17.4 Å². The van der Waals surface area contributed by atoms with Gasteiger partial charge in [-0.05, 0) is 72.1 Å². The van der Waals surface area contributed by atoms with E-state index in [9.17, 15) is 9.90 Å². The Morgan fingerprint density at radius 3 is 2.49 bits per heavy atom. The molecule has 0 radical (unpaired) electrons. The Morgan fingerprint density at radius 1 is 1.15 bits per heavy atom. The highest BCUT2D eigenvalue weighted by Crippen LogP contribution is 2.41. The minimum atomic E-state index is -0.482. The molecular formula is C34H35ClN2O3S. The van der Waals surface area contributed by atoms with Crippen LogP contribution in [0, 0.1) is 6.92 Å². The third kappa shape index (κ3) is 7.26. The van der Waals surface area contributed by atoms with E-state index in [0.717, 1.165) is 16.0 Å². The summed E-state index contributed by atoms with van der Waals surface area (Å²) >= 11 is 8.22. The number of ether oxygens (including phenoxy) is 1. The Bertz CT molecular complexity index is 1570. The van der Waals surface area contributed by atoms with Crippen LogP contribution in [0.15, 0.2) is 78.3 Å². The smallest absolute Gasteiger partial charge is 0.258 e. The molecule has 0 aliphatic heterocycles. The van der Waals surface area contributed by atoms with Gasteiger partial charge >= 0.3 is 0 Å². The van der Waals surface area contributed by atoms with E-state index in [0.29, 0.717) is 21.9 Å². The van der Waals surface area contributed by atoms with Gasteiger partial charge in [-0.25, -0.2) is 0 Å². The molecule has 5 nitrogen and oxygen atoms in total. The first-order valence-electron chi connectivity index (χ1n) is 13.3. The van der Waals surface area contributed by atoms with E-state index in [2.05, 4.69) is 69.5 Å². The highest BCUT2D eigenvalue weighted by molar-refractivity contribution is 7.15. The molecule has 1 aromatic heterocycles. The van der Waals surface area contributed by atoms with Crippen molar-refractivity contribution in [1.82, 2.24) is 5.32 Å². The molecule has 4 aromatic rings. The van der Waals surface area contributed by atoms with Crippen LogP contribution >= 0.6 is 22.9 Å². The monoisotopic (exact) mass is 586 g/mol. The zero-order chi connectivity index (χ0) is 29.7. The number of nitrogens with one attached hydrogen (secondary N) is 1. The van der Waals surface area contributed by atoms with Crippen LogP contribution in [0.25, 0.3) is 16.5 Å². The van der Waals surface area contributed by atoms with Crippen molar-refractivity contribution >= 4 is 47.3 Å². The number of phenolic OH excluding ortho intramolecular Hbond substituents is 1. The van der Waals surface area contributed by atoms with Crippen LogP contribution < -0.4 is 10.1 Å². The maximum absolute atomic E-state index is 13.2. The first kappa shape index (κ1) is 30.1. The molecule has 0 aliphatic rings. The first-order chi connectivity index (χ1) is 19.5. The SMILES string of the molecule is C=Cc1c(Cl)cc(CC(NC(=O)COc2ccc(C(C)(C)C)cc2)c2cccc(-c3ccc(C)s3)c2)c(O)c1N=C. The third-order valence-corrected chi connectivity index (χ3v) is 8.23. The van der Waals surface area contributed by atoms with Gasteiger partial charge in [0, 0.05) is 27.3 Å². The van der Waals surface area contributed by atoms with Crippen LogP contribution in [0.4, 0.5) is 5.69 Å². The van der Waals surface area contributed by atoms with E-state index < -0.39 is 6.04 Å². The fourth-order valence-corrected chi connectivity index (χ4v) is 5.77. The van der Waals surface area contributed by atoms with E-state index in [-0.39, 0.29) is 35.8 Å². The van der Waals surface area contributed by atoms with Crippen LogP contribution in [0.3, 0.4) is 0 Å². The molecule has 0 saturated carbocycles. The van der Waals surface area contributed by atoms with Crippen molar-refractivity contribution in [2.24, 2.45) is 4.99 Å². The van der Waals surface area contributed by atoms with Crippen molar-refractivity contribution in [3.8, 4) is 21.9 Å². The summed E-state index contributed by atoms with van der Waals surface area (Å²) in [4.78, 5) is 19.5. The molecule has 1 unspecified atom stereocenters. The number of aromatic hydroxyl groups is 1. The quantitative estimate of drug-likeness (QED) is 0.182. The number of amides is 1. The number of rotatable bonds is 10. The topological polar surface area (TPSA) is 70.9 Å². The zero-order valence-electron chi connectivity index (χ0n) is 23.8. The number of aliphatic imine (C=N–C) groups is 1. The zero-order valence-corrected chi connectivity index (χ0v) is 25.4. The van der Waals surface area contributed by atoms with Crippen LogP contribution in [-0.2, 0) is 16.6 Å². The van der Waals surface area contributed by atoms with E-state index in [1.165, 1.54) is 16.5 Å². The van der Waals surface area contributed by atoms with Crippen molar-refractivity contribution in [3.05, 3.63) is 105 Å². The van der Waals surface area contributed by atoms with Crippen molar-refractivity contribution in [3.63, 3.8) is 0 Å². The van der Waals surface area contributed by atoms with Crippen molar-refractivity contribution in [1.29, 1.82) is 0 Å². The molecule has 0 saturated heterocycles. The Kier molecular flexibility index (Phi) is 9.36. The number of nitrogens with zero attached hydrogens (tertiary/aromatic N) is 1. The van der Waals surface area contributed by atoms with Gasteiger partial charge in [0.15, 0.2) is 6.61 Å². The number of benzene rings is 3. The number of phenols is 1. The summed E-state index contributed by atoms with van der Waals surface area (Å²) in [6, 6.07) is 21.2. The average molecular weight is 587 g/mol. The van der Waals surface area contributed by atoms with E-state index in [4.69, 9.17) is 16.3 Å². The predicted octanol–water partition coefficient (Wildman–Crippen LogP) is 8.83. The lowest BCUT2D eigenvalue weighted by Gasteiger charge is -2.22. The Morgan fingerprint density at radius 2 is 1.88 bits per heavy atom. The maximum Gasteiger partial charge on any atom is 0.258 e. The molecule has 4 rings (SSSR count). The second-order valence-electron chi connectivity index (χ2n) is 10.9. The minimum absolute atomic E-state index is 0.0266. The average Bonchev–Trinajstić information content (AvgIpc) is 3.39. The van der Waals surface area contributed by atoms with Gasteiger partial charge in [-0.15, -0.1) is 11.3 Å². The summed E-state index contributed by atoms with van der Waals surface area (Å²) in [6.07, 6.45) is 1.80. The Labute approximate surface area is 251 Å². The van der Waals surface area contributed by atoms with Gasteiger partial charge in [-0.1, -0.05) is 75.4 Å². The number of carbonyl (C=O) groups excluding carboxylic acids is 1. The summed E-state index contributed by atoms with van der Waals surface area (Å²) in [7, 11) is 0. The van der Waals surface area contributed by atoms with Gasteiger partial charge < -0.3 is 15.2 Å². The van der Waals surface area contributed by atoms with Crippen molar-refractivity contribution in [2.75, 3.05) is 6.61 Å². The molecule has 0 fully saturated rings. The fraction of sp³-hybridized carbons (Fsp3) is 0.235. The molecule has 41 heavy (non-hydrogen) atoms. The molecule has 3 aromatic carbocycles. The summed E-state index contributed by atoms with van der Waals surface area (Å²) in [5.74, 6) is 0.285. The standard InChI is InChI=1S/C34H35ClN2O3S/c1-7-27-28(35)18-24(33(39)32(27)36-6)19-29(22-9-8-10-23(17-22)30-16-11-21(2)41-30)37-31(38)20-40-26-14-12-25(13-15-26)34(3,4)5/h7-18,29,39H,1,6,19-20H2,2-5H3,(H,37,38). The molecule has 0 spiro atoms. The van der Waals surface area contributed by atoms with Crippen LogP contribution in [-0.4, -0.2) is 24.3 Å². The molecule has 212 valence electrons. The summed E-state index contributed by atoms with van der Waals surface area (Å²) in [6.45, 7) is 15.7. The van der Waals surface area contributed by atoms with Crippen LogP contribution in [0.1, 0.15) is 53.9 Å². The molecule has 1 heterocycles. The van der Waals surface area contributed by atoms with Crippen molar-refractivity contribution < 1.29 is 14.6 Å². The van der Waals surface area contributed by atoms with Crippen molar-refractivity contribution in [2.45, 2.75) is 45.6 Å². The van der Waals surface area contributed by atoms with Gasteiger partial charge in [-0.2, -0.15) is 0 Å². The second kappa shape index (κ2) is 12.8. The minimum Gasteiger partial charge on any atom is -0.505 e. The fourth-order valence-electron chi connectivity index (χ4n) is 4.61. The van der Waals surface area contributed by atoms with Gasteiger partial charge in [-0.3, -0.25) is 9.79 Å². The summed E-state index contributed by atoms with van der Waals surface area (Å²) < 4.78 is 5.81. The lowest BCUT2D eigenvalue weighted by molar-refractivity contribution is -0.123. The lowest BCUT2D eigenvalue weighted by Crippen LogP contribution is -2.33. The Balaban J connectivity index is 1.61. The molecule has 1 atom stereocenters. The molecule has 7 heteroatoms. The summed E-state index contributed by atoms with van der Waals surface area (Å²) in [5.41, 5.74) is 4.44. The maximum atomic E-state index is 13.2. The number of hydrogen-bond donors (Lipinski definition) is 2. The Hall–Kier alpha value is -3.87. The normalized spacial score (nSPS) is 12.0. The van der Waals surface area contributed by atoms with Gasteiger partial charge in [0.1, 0.15) is 17.2 Å². The largest absolute Gasteiger partial charge is 0.505 e. The number of hydrogen-bond acceptors (Lipinski definition) is 5. The highest BCUT2D eigenvalue weighted by atomic mass is 35.5. The molecule has 2 N–H and O–H groups in total. The number of halogens is 1. The summed E-state index contributed by atoms with van der Waals surface area (Å²) in [5, 5.41) is 14.5. The third-order valence-electron chi connectivity index (χ3n) is 6.87. The second-order valence-corrected chi connectivity index (χ2v) is 12.6.